The molecule has 0 spiro atoms. The van der Waals surface area contributed by atoms with Crippen LogP contribution in [0, 0.1) is 20.8 Å². The highest BCUT2D eigenvalue weighted by Crippen LogP contribution is 2.26. The number of carbonyl (C=O) groups is 3. The second-order valence-corrected chi connectivity index (χ2v) is 7.65. The summed E-state index contributed by atoms with van der Waals surface area (Å²) in [5.41, 5.74) is 5.56. The lowest BCUT2D eigenvalue weighted by molar-refractivity contribution is -0.115. The number of carbonyl (C=O) groups excluding carboxylic acids is 3. The van der Waals surface area contributed by atoms with Crippen LogP contribution in [0.3, 0.4) is 0 Å². The van der Waals surface area contributed by atoms with Gasteiger partial charge in [0.15, 0.2) is 5.78 Å². The molecule has 0 saturated carbocycles. The number of ketones is 1. The van der Waals surface area contributed by atoms with Crippen molar-refractivity contribution in [3.8, 4) is 0 Å². The molecule has 2 aromatic rings. The van der Waals surface area contributed by atoms with Crippen molar-refractivity contribution in [2.75, 3.05) is 0 Å². The number of hydrogen-bond acceptors (Lipinski definition) is 3. The third kappa shape index (κ3) is 12.7. The fourth-order valence-electron chi connectivity index (χ4n) is 2.96. The van der Waals surface area contributed by atoms with Crippen molar-refractivity contribution in [2.24, 2.45) is 0 Å². The van der Waals surface area contributed by atoms with Gasteiger partial charge in [0.25, 0.3) is 5.92 Å². The summed E-state index contributed by atoms with van der Waals surface area (Å²) in [4.78, 5) is 28.9. The molecule has 0 amide bonds. The molecule has 190 valence electrons. The summed E-state index contributed by atoms with van der Waals surface area (Å²) >= 11 is 0. The van der Waals surface area contributed by atoms with Crippen molar-refractivity contribution >= 4 is 18.9 Å². The summed E-state index contributed by atoms with van der Waals surface area (Å²) in [5, 5.41) is 0. The molecule has 0 aliphatic heterocycles. The number of hydrogen-bond donors (Lipinski definition) is 0. The first kappa shape index (κ1) is 33.0. The van der Waals surface area contributed by atoms with E-state index in [-0.39, 0.29) is 21.6 Å². The van der Waals surface area contributed by atoms with Crippen LogP contribution in [0.25, 0.3) is 0 Å². The van der Waals surface area contributed by atoms with Crippen LogP contribution in [0.15, 0.2) is 66.3 Å². The van der Waals surface area contributed by atoms with E-state index < -0.39 is 5.92 Å². The lowest BCUT2D eigenvalue weighted by Crippen LogP contribution is -2.07. The predicted octanol–water partition coefficient (Wildman–Crippen LogP) is 7.95. The Morgan fingerprint density at radius 1 is 1.06 bits per heavy atom. The van der Waals surface area contributed by atoms with E-state index >= 15 is 0 Å². The zero-order valence-corrected chi connectivity index (χ0v) is 20.2. The van der Waals surface area contributed by atoms with Gasteiger partial charge in [-0.2, -0.15) is 0 Å². The second-order valence-electron chi connectivity index (χ2n) is 7.65. The zero-order chi connectivity index (χ0) is 25.4. The lowest BCUT2D eigenvalue weighted by atomic mass is 9.96. The molecule has 34 heavy (non-hydrogen) atoms. The van der Waals surface area contributed by atoms with Gasteiger partial charge in [-0.15, -0.1) is 0 Å². The minimum atomic E-state index is -2.72. The van der Waals surface area contributed by atoms with Gasteiger partial charge in [0.05, 0.1) is 0 Å². The number of Topliss-reactive ketones (excluding diaryl/α,β-unsaturated/α-hetero) is 1. The summed E-state index contributed by atoms with van der Waals surface area (Å²) in [7, 11) is 0. The van der Waals surface area contributed by atoms with Gasteiger partial charge in [-0.25, -0.2) is 8.78 Å². The van der Waals surface area contributed by atoms with Gasteiger partial charge in [0.2, 0.25) is 0 Å². The minimum absolute atomic E-state index is 0. The Morgan fingerprint density at radius 2 is 1.68 bits per heavy atom. The molecule has 3 rings (SSSR count). The molecule has 0 saturated heterocycles. The van der Waals surface area contributed by atoms with Crippen molar-refractivity contribution in [1.29, 1.82) is 0 Å². The third-order valence-corrected chi connectivity index (χ3v) is 4.82. The summed E-state index contributed by atoms with van der Waals surface area (Å²) < 4.78 is 25.3. The molecule has 0 bridgehead atoms. The topological polar surface area (TPSA) is 51.2 Å². The molecular weight excluding hydrogens is 434 g/mol. The highest BCUT2D eigenvalue weighted by atomic mass is 19.3. The average Bonchev–Trinajstić information content (AvgIpc) is 2.79. The van der Waals surface area contributed by atoms with Crippen molar-refractivity contribution < 1.29 is 26.0 Å². The van der Waals surface area contributed by atoms with E-state index in [4.69, 9.17) is 9.59 Å². The molecule has 1 aliphatic carbocycles. The van der Waals surface area contributed by atoms with Crippen molar-refractivity contribution in [3.05, 3.63) is 94.1 Å². The highest BCUT2D eigenvalue weighted by molar-refractivity contribution is 5.97. The van der Waals surface area contributed by atoms with Gasteiger partial charge in [0.1, 0.15) is 13.1 Å². The average molecular weight is 477 g/mol. The normalized spacial score (nSPS) is 11.6. The molecule has 0 atom stereocenters. The fraction of sp³-hybridized carbons (Fsp3) is 0.345. The predicted molar refractivity (Wildman–Crippen MR) is 142 cm³/mol. The van der Waals surface area contributed by atoms with E-state index in [1.807, 2.05) is 12.9 Å². The maximum atomic E-state index is 12.6. The van der Waals surface area contributed by atoms with Crippen LogP contribution in [0.2, 0.25) is 0 Å². The van der Waals surface area contributed by atoms with Gasteiger partial charge >= 0.3 is 0 Å². The zero-order valence-electron chi connectivity index (χ0n) is 20.2. The number of benzene rings is 2. The SMILES string of the molecule is C.C=O.CC=O.Cc1ccc(CC(=O)C2=CCC=CC2)cc1C.Cc1cccc(C(C)(F)F)c1.[HH].[HH]. The van der Waals surface area contributed by atoms with Crippen LogP contribution in [0.5, 0.6) is 0 Å². The maximum absolute atomic E-state index is 12.6. The first-order chi connectivity index (χ1) is 15.6. The van der Waals surface area contributed by atoms with Gasteiger partial charge in [-0.05, 0) is 62.8 Å². The summed E-state index contributed by atoms with van der Waals surface area (Å²) in [5.74, 6) is -2.45. The lowest BCUT2D eigenvalue weighted by Gasteiger charge is -2.10. The first-order valence-electron chi connectivity index (χ1n) is 10.7. The van der Waals surface area contributed by atoms with E-state index in [2.05, 4.69) is 44.2 Å². The van der Waals surface area contributed by atoms with E-state index in [9.17, 15) is 13.6 Å². The summed E-state index contributed by atoms with van der Waals surface area (Å²) in [6.45, 7) is 10.3. The smallest absolute Gasteiger partial charge is 0.270 e. The van der Waals surface area contributed by atoms with Crippen LogP contribution < -0.4 is 0 Å². The Labute approximate surface area is 206 Å². The largest absolute Gasteiger partial charge is 0.307 e. The molecule has 0 radical (unpaired) electrons. The highest BCUT2D eigenvalue weighted by Gasteiger charge is 2.23. The quantitative estimate of drug-likeness (QED) is 0.332. The molecule has 0 fully saturated rings. The molecule has 0 aromatic heterocycles. The number of allylic oxidation sites excluding steroid dienone is 4. The molecule has 0 unspecified atom stereocenters. The fourth-order valence-corrected chi connectivity index (χ4v) is 2.96. The molecular formula is C29H42F2O3. The van der Waals surface area contributed by atoms with Gasteiger partial charge in [-0.1, -0.05) is 73.7 Å². The Bertz CT molecular complexity index is 965. The third-order valence-electron chi connectivity index (χ3n) is 4.82. The number of aryl methyl sites for hydroxylation is 3. The monoisotopic (exact) mass is 476 g/mol. The van der Waals surface area contributed by atoms with Crippen LogP contribution >= 0.6 is 0 Å². The van der Waals surface area contributed by atoms with Crippen molar-refractivity contribution in [2.45, 2.75) is 67.2 Å². The molecule has 5 heteroatoms. The number of alkyl halides is 2. The Morgan fingerprint density at radius 3 is 2.12 bits per heavy atom. The maximum Gasteiger partial charge on any atom is 0.270 e. The summed E-state index contributed by atoms with van der Waals surface area (Å²) in [6, 6.07) is 12.6. The first-order valence-corrected chi connectivity index (χ1v) is 10.7. The minimum Gasteiger partial charge on any atom is -0.307 e. The molecule has 2 aromatic carbocycles. The standard InChI is InChI=1S/C16H18O.C9H10F2.C2H4O.CH2O.CH4.2H2/c1-12-8-9-14(10-13(12)2)11-16(17)15-6-4-3-5-7-15;1-7-4-3-5-8(6-7)9(2,10)11;1-2-3;1-2;;;/h3-4,7-10H,5-6,11H2,1-2H3;3-6H,1-2H3;2H,1H3;1H2;1H4;2*1H. The van der Waals surface area contributed by atoms with Gasteiger partial charge < -0.3 is 9.59 Å². The molecule has 3 nitrogen and oxygen atoms in total. The van der Waals surface area contributed by atoms with Gasteiger partial charge in [0, 0.05) is 21.8 Å². The van der Waals surface area contributed by atoms with Crippen LogP contribution in [-0.2, 0) is 26.7 Å². The van der Waals surface area contributed by atoms with E-state index in [1.165, 1.54) is 30.2 Å². The number of rotatable bonds is 4. The number of halogens is 2. The van der Waals surface area contributed by atoms with Crippen molar-refractivity contribution in [1.82, 2.24) is 0 Å². The van der Waals surface area contributed by atoms with Gasteiger partial charge in [-0.3, -0.25) is 4.79 Å². The molecule has 0 N–H and O–H groups in total. The molecule has 1 aliphatic rings. The Balaban J connectivity index is -0.000000236. The van der Waals surface area contributed by atoms with E-state index in [1.54, 1.807) is 19.1 Å². The van der Waals surface area contributed by atoms with E-state index in [0.29, 0.717) is 6.42 Å². The van der Waals surface area contributed by atoms with Crippen LogP contribution in [0.4, 0.5) is 8.78 Å². The van der Waals surface area contributed by atoms with Crippen LogP contribution in [-0.4, -0.2) is 18.9 Å². The van der Waals surface area contributed by atoms with Crippen molar-refractivity contribution in [3.63, 3.8) is 0 Å². The Kier molecular flexibility index (Phi) is 16.8. The number of aldehydes is 1. The van der Waals surface area contributed by atoms with E-state index in [0.717, 1.165) is 42.8 Å². The Hall–Kier alpha value is -3.21. The van der Waals surface area contributed by atoms with Crippen LogP contribution in [0.1, 0.15) is 64.8 Å². The summed E-state index contributed by atoms with van der Waals surface area (Å²) in [6.07, 6.45) is 9.20. The molecule has 0 heterocycles. The second kappa shape index (κ2) is 17.3.